The zero-order valence-corrected chi connectivity index (χ0v) is 12.1. The van der Waals surface area contributed by atoms with E-state index in [-0.39, 0.29) is 12.3 Å². The van der Waals surface area contributed by atoms with E-state index in [1.807, 2.05) is 30.3 Å². The largest absolute Gasteiger partial charge is 0.461 e. The Morgan fingerprint density at radius 3 is 2.67 bits per heavy atom. The molecule has 0 aliphatic heterocycles. The van der Waals surface area contributed by atoms with Crippen LogP contribution in [0.5, 0.6) is 0 Å². The summed E-state index contributed by atoms with van der Waals surface area (Å²) in [7, 11) is 0. The maximum atomic E-state index is 11.9. The molecule has 21 heavy (non-hydrogen) atoms. The lowest BCUT2D eigenvalue weighted by Crippen LogP contribution is -2.07. The summed E-state index contributed by atoms with van der Waals surface area (Å²) in [6.07, 6.45) is 4.24. The fraction of sp³-hybridized carbons (Fsp3) is 0.133. The Kier molecular flexibility index (Phi) is 4.90. The van der Waals surface area contributed by atoms with Crippen LogP contribution in [0.1, 0.15) is 23.0 Å². The average molecular weight is 305 g/mol. The van der Waals surface area contributed by atoms with Crippen molar-refractivity contribution in [3.63, 3.8) is 0 Å². The van der Waals surface area contributed by atoms with Crippen LogP contribution in [0.4, 0.5) is 0 Å². The topological polar surface area (TPSA) is 61.2 Å². The van der Waals surface area contributed by atoms with Gasteiger partial charge < -0.3 is 4.74 Å². The number of esters is 1. The number of benzene rings is 1. The summed E-state index contributed by atoms with van der Waals surface area (Å²) in [4.78, 5) is 22.7. The lowest BCUT2D eigenvalue weighted by molar-refractivity contribution is -0.107. The Morgan fingerprint density at radius 1 is 1.33 bits per heavy atom. The fourth-order valence-electron chi connectivity index (χ4n) is 1.74. The molecule has 0 aliphatic rings. The van der Waals surface area contributed by atoms with E-state index in [0.717, 1.165) is 11.8 Å². The van der Waals surface area contributed by atoms with E-state index >= 15 is 0 Å². The van der Waals surface area contributed by atoms with E-state index in [9.17, 15) is 9.59 Å². The molecule has 0 atom stereocenters. The van der Waals surface area contributed by atoms with Gasteiger partial charge in [-0.2, -0.15) is 5.10 Å². The lowest BCUT2D eigenvalue weighted by Gasteiger charge is -2.00. The fourth-order valence-corrected chi connectivity index (χ4v) is 1.80. The first kappa shape index (κ1) is 15.0. The van der Waals surface area contributed by atoms with Gasteiger partial charge in [0, 0.05) is 11.8 Å². The summed E-state index contributed by atoms with van der Waals surface area (Å²) in [6.45, 7) is 1.96. The summed E-state index contributed by atoms with van der Waals surface area (Å²) in [5.41, 5.74) is 1.39. The van der Waals surface area contributed by atoms with Crippen molar-refractivity contribution in [2.75, 3.05) is 6.61 Å². The van der Waals surface area contributed by atoms with Gasteiger partial charge in [0.25, 0.3) is 0 Å². The SMILES string of the molecule is CCOC(=O)c1nn(-c2ccccc2)cc1/C=C/C(=O)Cl. The van der Waals surface area contributed by atoms with Gasteiger partial charge in [0.2, 0.25) is 5.24 Å². The zero-order chi connectivity index (χ0) is 15.2. The number of rotatable bonds is 5. The maximum Gasteiger partial charge on any atom is 0.359 e. The van der Waals surface area contributed by atoms with E-state index in [2.05, 4.69) is 5.10 Å². The number of carbonyl (C=O) groups excluding carboxylic acids is 2. The standard InChI is InChI=1S/C15H13ClN2O3/c1-2-21-15(20)14-11(8-9-13(16)19)10-18(17-14)12-6-4-3-5-7-12/h3-10H,2H2,1H3/b9-8+. The molecule has 0 fully saturated rings. The zero-order valence-electron chi connectivity index (χ0n) is 11.3. The smallest absolute Gasteiger partial charge is 0.359 e. The molecular weight excluding hydrogens is 292 g/mol. The van der Waals surface area contributed by atoms with Gasteiger partial charge in [-0.15, -0.1) is 0 Å². The van der Waals surface area contributed by atoms with E-state index in [1.165, 1.54) is 6.08 Å². The molecule has 0 radical (unpaired) electrons. The van der Waals surface area contributed by atoms with Gasteiger partial charge in [-0.25, -0.2) is 9.48 Å². The molecule has 2 aromatic rings. The minimum atomic E-state index is -0.628. The number of hydrogen-bond donors (Lipinski definition) is 0. The van der Waals surface area contributed by atoms with Crippen molar-refractivity contribution in [1.29, 1.82) is 0 Å². The van der Waals surface area contributed by atoms with Gasteiger partial charge in [0.05, 0.1) is 12.3 Å². The van der Waals surface area contributed by atoms with E-state index < -0.39 is 11.2 Å². The minimum absolute atomic E-state index is 0.134. The average Bonchev–Trinajstić information content (AvgIpc) is 2.90. The number of para-hydroxylation sites is 1. The summed E-state index contributed by atoms with van der Waals surface area (Å²) in [6, 6.07) is 9.30. The Morgan fingerprint density at radius 2 is 2.05 bits per heavy atom. The molecule has 108 valence electrons. The highest BCUT2D eigenvalue weighted by Crippen LogP contribution is 2.15. The summed E-state index contributed by atoms with van der Waals surface area (Å²) in [5, 5.41) is 3.59. The molecule has 5 nitrogen and oxygen atoms in total. The quantitative estimate of drug-likeness (QED) is 0.484. The number of halogens is 1. The van der Waals surface area contributed by atoms with Crippen LogP contribution in [0.2, 0.25) is 0 Å². The molecule has 2 rings (SSSR count). The summed E-state index contributed by atoms with van der Waals surface area (Å²) < 4.78 is 6.50. The molecule has 0 unspecified atom stereocenters. The molecule has 1 aromatic heterocycles. The number of hydrogen-bond acceptors (Lipinski definition) is 4. The van der Waals surface area contributed by atoms with Crippen LogP contribution in [-0.2, 0) is 9.53 Å². The van der Waals surface area contributed by atoms with Gasteiger partial charge >= 0.3 is 5.97 Å². The molecule has 0 aliphatic carbocycles. The second kappa shape index (κ2) is 6.85. The molecule has 1 heterocycles. The van der Waals surface area contributed by atoms with Crippen LogP contribution in [0.3, 0.4) is 0 Å². The van der Waals surface area contributed by atoms with Crippen molar-refractivity contribution < 1.29 is 14.3 Å². The molecule has 0 amide bonds. The molecule has 0 bridgehead atoms. The van der Waals surface area contributed by atoms with Gasteiger partial charge in [-0.05, 0) is 42.8 Å². The Bertz CT molecular complexity index is 677. The van der Waals surface area contributed by atoms with Crippen molar-refractivity contribution in [2.24, 2.45) is 0 Å². The second-order valence-electron chi connectivity index (χ2n) is 4.07. The Balaban J connectivity index is 2.44. The van der Waals surface area contributed by atoms with E-state index in [4.69, 9.17) is 16.3 Å². The van der Waals surface area contributed by atoms with Crippen LogP contribution in [0.15, 0.2) is 42.6 Å². The molecule has 0 spiro atoms. The number of nitrogens with zero attached hydrogens (tertiary/aromatic N) is 2. The molecule has 1 aromatic carbocycles. The first-order chi connectivity index (χ1) is 10.1. The third-order valence-electron chi connectivity index (χ3n) is 2.63. The van der Waals surface area contributed by atoms with E-state index in [1.54, 1.807) is 17.8 Å². The highest BCUT2D eigenvalue weighted by molar-refractivity contribution is 6.66. The van der Waals surface area contributed by atoms with Crippen LogP contribution in [-0.4, -0.2) is 27.6 Å². The predicted octanol–water partition coefficient (Wildman–Crippen LogP) is 2.83. The van der Waals surface area contributed by atoms with Gasteiger partial charge in [-0.1, -0.05) is 18.2 Å². The number of ether oxygens (including phenoxy) is 1. The summed E-state index contributed by atoms with van der Waals surface area (Å²) in [5.74, 6) is -0.547. The van der Waals surface area contributed by atoms with Crippen LogP contribution in [0.25, 0.3) is 11.8 Å². The van der Waals surface area contributed by atoms with Gasteiger partial charge in [0.1, 0.15) is 0 Å². The van der Waals surface area contributed by atoms with Gasteiger partial charge in [0.15, 0.2) is 5.69 Å². The number of carbonyl (C=O) groups is 2. The predicted molar refractivity (Wildman–Crippen MR) is 79.4 cm³/mol. The maximum absolute atomic E-state index is 11.9. The molecule has 0 saturated heterocycles. The highest BCUT2D eigenvalue weighted by atomic mass is 35.5. The third kappa shape index (κ3) is 3.79. The van der Waals surface area contributed by atoms with Crippen molar-refractivity contribution in [2.45, 2.75) is 6.92 Å². The number of aromatic nitrogens is 2. The first-order valence-electron chi connectivity index (χ1n) is 6.31. The second-order valence-corrected chi connectivity index (χ2v) is 4.44. The molecule has 6 heteroatoms. The monoisotopic (exact) mass is 304 g/mol. The van der Waals surface area contributed by atoms with Crippen LogP contribution < -0.4 is 0 Å². The lowest BCUT2D eigenvalue weighted by atomic mass is 10.2. The Labute approximate surface area is 126 Å². The third-order valence-corrected chi connectivity index (χ3v) is 2.75. The van der Waals surface area contributed by atoms with Crippen molar-refractivity contribution in [3.05, 3.63) is 53.9 Å². The van der Waals surface area contributed by atoms with Crippen molar-refractivity contribution in [3.8, 4) is 5.69 Å². The molecule has 0 N–H and O–H groups in total. The normalized spacial score (nSPS) is 10.8. The van der Waals surface area contributed by atoms with Crippen molar-refractivity contribution in [1.82, 2.24) is 9.78 Å². The van der Waals surface area contributed by atoms with Crippen LogP contribution in [0, 0.1) is 0 Å². The summed E-state index contributed by atoms with van der Waals surface area (Å²) >= 11 is 5.28. The Hall–Kier alpha value is -2.40. The molecule has 0 saturated carbocycles. The van der Waals surface area contributed by atoms with Crippen molar-refractivity contribution >= 4 is 28.9 Å². The first-order valence-corrected chi connectivity index (χ1v) is 6.69. The minimum Gasteiger partial charge on any atom is -0.461 e. The highest BCUT2D eigenvalue weighted by Gasteiger charge is 2.17. The van der Waals surface area contributed by atoms with Crippen LogP contribution >= 0.6 is 11.6 Å². The van der Waals surface area contributed by atoms with Gasteiger partial charge in [-0.3, -0.25) is 4.79 Å². The van der Waals surface area contributed by atoms with E-state index in [0.29, 0.717) is 5.56 Å². The molecular formula is C15H13ClN2O3. The number of allylic oxidation sites excluding steroid dienone is 1.